The third-order valence-electron chi connectivity index (χ3n) is 4.56. The van der Waals surface area contributed by atoms with Gasteiger partial charge in [0.05, 0.1) is 0 Å². The highest BCUT2D eigenvalue weighted by atomic mass is 35.5. The van der Waals surface area contributed by atoms with Gasteiger partial charge >= 0.3 is 0 Å². The molecule has 0 unspecified atom stereocenters. The molecule has 5 nitrogen and oxygen atoms in total. The molecule has 0 atom stereocenters. The minimum absolute atomic E-state index is 0. The van der Waals surface area contributed by atoms with Crippen molar-refractivity contribution in [1.82, 2.24) is 10.2 Å². The zero-order valence-corrected chi connectivity index (χ0v) is 16.3. The van der Waals surface area contributed by atoms with Crippen LogP contribution in [0, 0.1) is 5.92 Å². The van der Waals surface area contributed by atoms with E-state index in [4.69, 9.17) is 9.47 Å². The molecule has 1 fully saturated rings. The van der Waals surface area contributed by atoms with Crippen molar-refractivity contribution in [2.75, 3.05) is 45.6 Å². The van der Waals surface area contributed by atoms with Gasteiger partial charge in [-0.25, -0.2) is 0 Å². The fourth-order valence-corrected chi connectivity index (χ4v) is 4.07. The first-order valence-electron chi connectivity index (χ1n) is 8.71. The Bertz CT molecular complexity index is 565. The summed E-state index contributed by atoms with van der Waals surface area (Å²) in [5.74, 6) is 3.42. The average Bonchev–Trinajstić information content (AvgIpc) is 2.62. The van der Waals surface area contributed by atoms with Crippen molar-refractivity contribution in [2.24, 2.45) is 5.92 Å². The molecule has 1 N–H and O–H groups in total. The Kier molecular flexibility index (Phi) is 8.19. The maximum absolute atomic E-state index is 12.3. The van der Waals surface area contributed by atoms with Crippen LogP contribution in [0.1, 0.15) is 19.3 Å². The number of halogens is 1. The van der Waals surface area contributed by atoms with Crippen molar-refractivity contribution in [3.05, 3.63) is 18.2 Å². The molecule has 0 saturated carbocycles. The second-order valence-corrected chi connectivity index (χ2v) is 7.45. The first-order chi connectivity index (χ1) is 11.8. The van der Waals surface area contributed by atoms with Crippen LogP contribution in [0.2, 0.25) is 0 Å². The number of rotatable bonds is 6. The zero-order valence-electron chi connectivity index (χ0n) is 14.7. The number of piperidine rings is 1. The highest BCUT2D eigenvalue weighted by Gasteiger charge is 2.22. The standard InChI is InChI=1S/C18H26N2O3S.ClH/c1-19-13-14-4-7-20(8-5-14)18(21)6-11-24-15-2-3-16-17(12-15)23-10-9-22-16;/h2-3,12,14,19H,4-11,13H2,1H3;1H. The monoisotopic (exact) mass is 386 g/mol. The van der Waals surface area contributed by atoms with Gasteiger partial charge in [-0.1, -0.05) is 0 Å². The molecular weight excluding hydrogens is 360 g/mol. The normalized spacial score (nSPS) is 17.1. The predicted octanol–water partition coefficient (Wildman–Crippen LogP) is 2.82. The zero-order chi connectivity index (χ0) is 16.8. The van der Waals surface area contributed by atoms with Gasteiger partial charge in [0.15, 0.2) is 11.5 Å². The van der Waals surface area contributed by atoms with Crippen molar-refractivity contribution < 1.29 is 14.3 Å². The molecule has 0 radical (unpaired) electrons. The van der Waals surface area contributed by atoms with E-state index in [-0.39, 0.29) is 18.3 Å². The van der Waals surface area contributed by atoms with Gasteiger partial charge in [-0.3, -0.25) is 4.79 Å². The first kappa shape index (κ1) is 20.2. The second kappa shape index (κ2) is 10.1. The maximum Gasteiger partial charge on any atom is 0.223 e. The van der Waals surface area contributed by atoms with Gasteiger partial charge in [0.25, 0.3) is 0 Å². The largest absolute Gasteiger partial charge is 0.486 e. The lowest BCUT2D eigenvalue weighted by atomic mass is 9.97. The van der Waals surface area contributed by atoms with Crippen LogP contribution in [-0.4, -0.2) is 56.5 Å². The molecule has 0 spiro atoms. The number of hydrogen-bond donors (Lipinski definition) is 1. The van der Waals surface area contributed by atoms with E-state index in [1.165, 1.54) is 0 Å². The van der Waals surface area contributed by atoms with Crippen LogP contribution in [0.3, 0.4) is 0 Å². The van der Waals surface area contributed by atoms with Crippen molar-refractivity contribution >= 4 is 30.1 Å². The summed E-state index contributed by atoms with van der Waals surface area (Å²) in [6, 6.07) is 5.99. The van der Waals surface area contributed by atoms with Crippen LogP contribution in [0.5, 0.6) is 11.5 Å². The highest BCUT2D eigenvalue weighted by molar-refractivity contribution is 7.99. The minimum Gasteiger partial charge on any atom is -0.486 e. The Labute approximate surface area is 160 Å². The summed E-state index contributed by atoms with van der Waals surface area (Å²) in [6.07, 6.45) is 2.82. The van der Waals surface area contributed by atoms with Crippen LogP contribution >= 0.6 is 24.2 Å². The molecule has 1 aromatic carbocycles. The van der Waals surface area contributed by atoms with Crippen LogP contribution in [0.25, 0.3) is 0 Å². The number of ether oxygens (including phenoxy) is 2. The first-order valence-corrected chi connectivity index (χ1v) is 9.69. The molecule has 1 amide bonds. The average molecular weight is 387 g/mol. The van der Waals surface area contributed by atoms with Crippen LogP contribution < -0.4 is 14.8 Å². The number of fused-ring (bicyclic) bond motifs is 1. The van der Waals surface area contributed by atoms with E-state index >= 15 is 0 Å². The highest BCUT2D eigenvalue weighted by Crippen LogP contribution is 2.34. The van der Waals surface area contributed by atoms with Gasteiger partial charge in [0, 0.05) is 30.2 Å². The van der Waals surface area contributed by atoms with E-state index in [0.717, 1.165) is 54.6 Å². The van der Waals surface area contributed by atoms with Crippen molar-refractivity contribution in [1.29, 1.82) is 0 Å². The number of benzene rings is 1. The number of amides is 1. The fraction of sp³-hybridized carbons (Fsp3) is 0.611. The third-order valence-corrected chi connectivity index (χ3v) is 5.55. The lowest BCUT2D eigenvalue weighted by Gasteiger charge is -2.32. The molecule has 3 rings (SSSR count). The topological polar surface area (TPSA) is 50.8 Å². The number of thioether (sulfide) groups is 1. The summed E-state index contributed by atoms with van der Waals surface area (Å²) in [7, 11) is 1.99. The Hall–Kier alpha value is -1.11. The lowest BCUT2D eigenvalue weighted by molar-refractivity contribution is -0.132. The number of nitrogens with zero attached hydrogens (tertiary/aromatic N) is 1. The summed E-state index contributed by atoms with van der Waals surface area (Å²) in [5, 5.41) is 3.23. The minimum atomic E-state index is 0. The van der Waals surface area contributed by atoms with Gasteiger partial charge in [0.1, 0.15) is 13.2 Å². The summed E-state index contributed by atoms with van der Waals surface area (Å²) in [5.41, 5.74) is 0. The van der Waals surface area contributed by atoms with E-state index in [1.807, 2.05) is 30.1 Å². The molecular formula is C18H27ClN2O3S. The van der Waals surface area contributed by atoms with Crippen LogP contribution in [0.15, 0.2) is 23.1 Å². The van der Waals surface area contributed by atoms with Crippen LogP contribution in [-0.2, 0) is 4.79 Å². The molecule has 25 heavy (non-hydrogen) atoms. The van der Waals surface area contributed by atoms with Crippen LogP contribution in [0.4, 0.5) is 0 Å². The van der Waals surface area contributed by atoms with E-state index in [2.05, 4.69) is 5.32 Å². The molecule has 1 aromatic rings. The lowest BCUT2D eigenvalue weighted by Crippen LogP contribution is -2.40. The predicted molar refractivity (Wildman–Crippen MR) is 103 cm³/mol. The number of carbonyl (C=O) groups is 1. The Morgan fingerprint density at radius 3 is 2.68 bits per heavy atom. The Morgan fingerprint density at radius 1 is 1.24 bits per heavy atom. The van der Waals surface area contributed by atoms with E-state index in [1.54, 1.807) is 11.8 Å². The van der Waals surface area contributed by atoms with Gasteiger partial charge in [-0.05, 0) is 50.6 Å². The molecule has 0 aromatic heterocycles. The number of nitrogens with one attached hydrogen (secondary N) is 1. The molecule has 0 aliphatic carbocycles. The van der Waals surface area contributed by atoms with Gasteiger partial charge in [-0.2, -0.15) is 0 Å². The molecule has 140 valence electrons. The summed E-state index contributed by atoms with van der Waals surface area (Å²) < 4.78 is 11.1. The third kappa shape index (κ3) is 5.69. The number of carbonyl (C=O) groups excluding carboxylic acids is 1. The fourth-order valence-electron chi connectivity index (χ4n) is 3.20. The SMILES string of the molecule is CNCC1CCN(C(=O)CCSc2ccc3c(c2)OCCO3)CC1.Cl. The number of likely N-dealkylation sites (tertiary alicyclic amines) is 1. The molecule has 2 heterocycles. The quantitative estimate of drug-likeness (QED) is 0.762. The van der Waals surface area contributed by atoms with E-state index < -0.39 is 0 Å². The van der Waals surface area contributed by atoms with Crippen molar-refractivity contribution in [3.8, 4) is 11.5 Å². The molecule has 7 heteroatoms. The number of hydrogen-bond acceptors (Lipinski definition) is 5. The van der Waals surface area contributed by atoms with Gasteiger partial charge < -0.3 is 19.7 Å². The van der Waals surface area contributed by atoms with Crippen molar-refractivity contribution in [3.63, 3.8) is 0 Å². The maximum atomic E-state index is 12.3. The smallest absolute Gasteiger partial charge is 0.223 e. The summed E-state index contributed by atoms with van der Waals surface area (Å²) in [6.45, 7) is 4.07. The molecule has 2 aliphatic heterocycles. The molecule has 2 aliphatic rings. The molecule has 1 saturated heterocycles. The Morgan fingerprint density at radius 2 is 1.96 bits per heavy atom. The van der Waals surface area contributed by atoms with Gasteiger partial charge in [0.2, 0.25) is 5.91 Å². The van der Waals surface area contributed by atoms with E-state index in [9.17, 15) is 4.79 Å². The summed E-state index contributed by atoms with van der Waals surface area (Å²) >= 11 is 1.70. The summed E-state index contributed by atoms with van der Waals surface area (Å²) in [4.78, 5) is 15.5. The van der Waals surface area contributed by atoms with E-state index in [0.29, 0.717) is 25.6 Å². The van der Waals surface area contributed by atoms with Crippen molar-refractivity contribution in [2.45, 2.75) is 24.2 Å². The Balaban J connectivity index is 0.00000225. The second-order valence-electron chi connectivity index (χ2n) is 6.29. The van der Waals surface area contributed by atoms with Gasteiger partial charge in [-0.15, -0.1) is 24.2 Å². The molecule has 0 bridgehead atoms.